The van der Waals surface area contributed by atoms with Gasteiger partial charge in [-0.1, -0.05) is 12.1 Å². The number of halogens is 1. The summed E-state index contributed by atoms with van der Waals surface area (Å²) >= 11 is 0. The van der Waals surface area contributed by atoms with Crippen molar-refractivity contribution in [2.75, 3.05) is 26.7 Å². The molecule has 1 aliphatic heterocycles. The van der Waals surface area contributed by atoms with Crippen molar-refractivity contribution >= 4 is 18.3 Å². The molecule has 0 atom stereocenters. The number of ether oxygens (including phenoxy) is 1. The minimum Gasteiger partial charge on any atom is -0.497 e. The molecule has 1 saturated heterocycles. The maximum Gasteiger partial charge on any atom is 0.236 e. The van der Waals surface area contributed by atoms with Crippen LogP contribution in [0.3, 0.4) is 0 Å². The molecule has 17 heavy (non-hydrogen) atoms. The summed E-state index contributed by atoms with van der Waals surface area (Å²) in [4.78, 5) is 13.5. The summed E-state index contributed by atoms with van der Waals surface area (Å²) in [5.41, 5.74) is 1.11. The molecule has 1 heterocycles. The zero-order valence-corrected chi connectivity index (χ0v) is 10.6. The van der Waals surface area contributed by atoms with Crippen LogP contribution in [-0.4, -0.2) is 37.6 Å². The predicted molar refractivity (Wildman–Crippen MR) is 68.5 cm³/mol. The van der Waals surface area contributed by atoms with E-state index in [-0.39, 0.29) is 18.3 Å². The molecule has 1 aromatic rings. The molecule has 1 aliphatic rings. The average Bonchev–Trinajstić information content (AvgIpc) is 2.32. The minimum atomic E-state index is 0. The lowest BCUT2D eigenvalue weighted by atomic mass is 10.2. The second kappa shape index (κ2) is 6.47. The minimum absolute atomic E-state index is 0. The summed E-state index contributed by atoms with van der Waals surface area (Å²) in [6.45, 7) is 2.76. The highest BCUT2D eigenvalue weighted by molar-refractivity contribution is 5.85. The third-order valence-electron chi connectivity index (χ3n) is 2.70. The van der Waals surface area contributed by atoms with Crippen molar-refractivity contribution < 1.29 is 9.53 Å². The van der Waals surface area contributed by atoms with E-state index in [4.69, 9.17) is 4.74 Å². The molecule has 1 aromatic carbocycles. The third-order valence-corrected chi connectivity index (χ3v) is 2.70. The number of carbonyl (C=O) groups is 1. The smallest absolute Gasteiger partial charge is 0.236 e. The van der Waals surface area contributed by atoms with Crippen molar-refractivity contribution in [3.8, 4) is 5.75 Å². The van der Waals surface area contributed by atoms with Crippen molar-refractivity contribution in [1.82, 2.24) is 10.2 Å². The highest BCUT2D eigenvalue weighted by Gasteiger charge is 2.17. The fraction of sp³-hybridized carbons (Fsp3) is 0.417. The van der Waals surface area contributed by atoms with Crippen molar-refractivity contribution in [2.45, 2.75) is 6.54 Å². The van der Waals surface area contributed by atoms with Gasteiger partial charge in [-0.25, -0.2) is 0 Å². The average molecular weight is 257 g/mol. The monoisotopic (exact) mass is 256 g/mol. The molecule has 1 fully saturated rings. The van der Waals surface area contributed by atoms with Crippen LogP contribution in [0, 0.1) is 0 Å². The number of hydrogen-bond acceptors (Lipinski definition) is 3. The fourth-order valence-electron chi connectivity index (χ4n) is 1.80. The summed E-state index contributed by atoms with van der Waals surface area (Å²) in [5, 5.41) is 3.06. The topological polar surface area (TPSA) is 41.6 Å². The Bertz CT molecular complexity index is 385. The molecule has 0 saturated carbocycles. The van der Waals surface area contributed by atoms with E-state index < -0.39 is 0 Å². The number of piperazine rings is 1. The van der Waals surface area contributed by atoms with Crippen molar-refractivity contribution in [1.29, 1.82) is 0 Å². The largest absolute Gasteiger partial charge is 0.497 e. The van der Waals surface area contributed by atoms with Crippen LogP contribution in [0.25, 0.3) is 0 Å². The molecule has 4 nitrogen and oxygen atoms in total. The van der Waals surface area contributed by atoms with Crippen LogP contribution >= 0.6 is 12.4 Å². The predicted octanol–water partition coefficient (Wildman–Crippen LogP) is 1.05. The normalized spacial score (nSPS) is 15.4. The lowest BCUT2D eigenvalue weighted by Gasteiger charge is -2.27. The second-order valence-corrected chi connectivity index (χ2v) is 3.84. The lowest BCUT2D eigenvalue weighted by molar-refractivity contribution is -0.132. The number of nitrogens with zero attached hydrogens (tertiary/aromatic N) is 1. The van der Waals surface area contributed by atoms with Gasteiger partial charge < -0.3 is 15.0 Å². The maximum atomic E-state index is 11.6. The Morgan fingerprint density at radius 3 is 3.00 bits per heavy atom. The molecule has 0 unspecified atom stereocenters. The van der Waals surface area contributed by atoms with Gasteiger partial charge in [0.25, 0.3) is 0 Å². The number of methoxy groups -OCH3 is 1. The Morgan fingerprint density at radius 2 is 2.29 bits per heavy atom. The van der Waals surface area contributed by atoms with Crippen LogP contribution in [-0.2, 0) is 11.3 Å². The van der Waals surface area contributed by atoms with Crippen LogP contribution in [0.2, 0.25) is 0 Å². The first-order valence-electron chi connectivity index (χ1n) is 5.41. The fourth-order valence-corrected chi connectivity index (χ4v) is 1.80. The zero-order valence-electron chi connectivity index (χ0n) is 9.81. The SMILES string of the molecule is COc1cccc(CN2CCNCC2=O)c1.Cl. The van der Waals surface area contributed by atoms with Gasteiger partial charge in [-0.3, -0.25) is 4.79 Å². The van der Waals surface area contributed by atoms with Gasteiger partial charge in [0.05, 0.1) is 13.7 Å². The molecule has 1 N–H and O–H groups in total. The first-order chi connectivity index (χ1) is 7.79. The van der Waals surface area contributed by atoms with E-state index in [1.165, 1.54) is 0 Å². The first-order valence-corrected chi connectivity index (χ1v) is 5.41. The first kappa shape index (κ1) is 13.8. The zero-order chi connectivity index (χ0) is 11.4. The van der Waals surface area contributed by atoms with Crippen LogP contribution in [0.4, 0.5) is 0 Å². The van der Waals surface area contributed by atoms with E-state index >= 15 is 0 Å². The van der Waals surface area contributed by atoms with Gasteiger partial charge in [-0.15, -0.1) is 12.4 Å². The van der Waals surface area contributed by atoms with E-state index in [9.17, 15) is 4.79 Å². The van der Waals surface area contributed by atoms with Crippen LogP contribution in [0.1, 0.15) is 5.56 Å². The van der Waals surface area contributed by atoms with Crippen LogP contribution in [0.5, 0.6) is 5.75 Å². The Hall–Kier alpha value is -1.26. The van der Waals surface area contributed by atoms with Crippen LogP contribution < -0.4 is 10.1 Å². The van der Waals surface area contributed by atoms with E-state index in [0.717, 1.165) is 24.4 Å². The van der Waals surface area contributed by atoms with E-state index in [0.29, 0.717) is 13.1 Å². The second-order valence-electron chi connectivity index (χ2n) is 3.84. The number of carbonyl (C=O) groups excluding carboxylic acids is 1. The Labute approximate surface area is 107 Å². The van der Waals surface area contributed by atoms with Gasteiger partial charge >= 0.3 is 0 Å². The van der Waals surface area contributed by atoms with E-state index in [2.05, 4.69) is 5.32 Å². The summed E-state index contributed by atoms with van der Waals surface area (Å²) in [6, 6.07) is 7.83. The Kier molecular flexibility index (Phi) is 5.25. The van der Waals surface area contributed by atoms with Crippen molar-refractivity contribution in [3.63, 3.8) is 0 Å². The molecule has 0 spiro atoms. The molecular formula is C12H17ClN2O2. The molecule has 5 heteroatoms. The van der Waals surface area contributed by atoms with E-state index in [1.54, 1.807) is 7.11 Å². The van der Waals surface area contributed by atoms with Crippen molar-refractivity contribution in [2.24, 2.45) is 0 Å². The molecule has 94 valence electrons. The summed E-state index contributed by atoms with van der Waals surface area (Å²) in [7, 11) is 1.65. The third kappa shape index (κ3) is 3.61. The summed E-state index contributed by atoms with van der Waals surface area (Å²) < 4.78 is 5.16. The lowest BCUT2D eigenvalue weighted by Crippen LogP contribution is -2.47. The molecule has 0 radical (unpaired) electrons. The highest BCUT2D eigenvalue weighted by atomic mass is 35.5. The quantitative estimate of drug-likeness (QED) is 0.879. The van der Waals surface area contributed by atoms with Gasteiger partial charge in [0.15, 0.2) is 0 Å². The summed E-state index contributed by atoms with van der Waals surface area (Å²) in [5.74, 6) is 0.995. The maximum absolute atomic E-state index is 11.6. The molecular weight excluding hydrogens is 240 g/mol. The number of hydrogen-bond donors (Lipinski definition) is 1. The highest BCUT2D eigenvalue weighted by Crippen LogP contribution is 2.14. The Balaban J connectivity index is 0.00000144. The number of nitrogens with one attached hydrogen (secondary N) is 1. The van der Waals surface area contributed by atoms with Gasteiger partial charge in [-0.05, 0) is 17.7 Å². The number of rotatable bonds is 3. The van der Waals surface area contributed by atoms with E-state index in [1.807, 2.05) is 29.2 Å². The van der Waals surface area contributed by atoms with Gasteiger partial charge in [0.1, 0.15) is 5.75 Å². The van der Waals surface area contributed by atoms with Gasteiger partial charge in [0, 0.05) is 19.6 Å². The molecule has 2 rings (SSSR count). The van der Waals surface area contributed by atoms with Crippen molar-refractivity contribution in [3.05, 3.63) is 29.8 Å². The van der Waals surface area contributed by atoms with Crippen LogP contribution in [0.15, 0.2) is 24.3 Å². The van der Waals surface area contributed by atoms with Gasteiger partial charge in [0.2, 0.25) is 5.91 Å². The molecule has 0 bridgehead atoms. The number of benzene rings is 1. The Morgan fingerprint density at radius 1 is 1.47 bits per heavy atom. The van der Waals surface area contributed by atoms with Gasteiger partial charge in [-0.2, -0.15) is 0 Å². The molecule has 0 aromatic heterocycles. The molecule has 1 amide bonds. The molecule has 0 aliphatic carbocycles. The standard InChI is InChI=1S/C12H16N2O2.ClH/c1-16-11-4-2-3-10(7-11)9-14-6-5-13-8-12(14)15;/h2-4,7,13H,5-6,8-9H2,1H3;1H. The summed E-state index contributed by atoms with van der Waals surface area (Å²) in [6.07, 6.45) is 0. The number of amides is 1.